The van der Waals surface area contributed by atoms with E-state index in [2.05, 4.69) is 4.98 Å². The summed E-state index contributed by atoms with van der Waals surface area (Å²) in [5.74, 6) is -1.31. The van der Waals surface area contributed by atoms with Gasteiger partial charge in [-0.05, 0) is 37.2 Å². The van der Waals surface area contributed by atoms with E-state index in [0.29, 0.717) is 11.2 Å². The number of hydrogen-bond donors (Lipinski definition) is 1. The lowest BCUT2D eigenvalue weighted by molar-refractivity contribution is 0.0696. The van der Waals surface area contributed by atoms with E-state index in [1.165, 1.54) is 25.7 Å². The first-order valence-corrected chi connectivity index (χ1v) is 7.23. The van der Waals surface area contributed by atoms with Gasteiger partial charge in [0.1, 0.15) is 17.2 Å². The maximum absolute atomic E-state index is 13.2. The van der Waals surface area contributed by atoms with Crippen LogP contribution in [0.2, 0.25) is 0 Å². The molecule has 5 heteroatoms. The molecule has 2 fully saturated rings. The van der Waals surface area contributed by atoms with Gasteiger partial charge < -0.3 is 10.0 Å². The molecule has 1 aromatic heterocycles. The zero-order valence-corrected chi connectivity index (χ0v) is 11.4. The fourth-order valence-electron chi connectivity index (χ4n) is 3.66. The Morgan fingerprint density at radius 3 is 2.50 bits per heavy atom. The Labute approximate surface area is 117 Å². The maximum atomic E-state index is 13.2. The zero-order chi connectivity index (χ0) is 14.2. The molecule has 1 spiro atoms. The van der Waals surface area contributed by atoms with Crippen LogP contribution < -0.4 is 4.90 Å². The third-order valence-corrected chi connectivity index (χ3v) is 4.85. The number of aromatic carboxylic acids is 1. The minimum absolute atomic E-state index is 0.0348. The van der Waals surface area contributed by atoms with Gasteiger partial charge in [-0.25, -0.2) is 14.2 Å². The van der Waals surface area contributed by atoms with Crippen molar-refractivity contribution in [3.05, 3.63) is 23.6 Å². The first-order chi connectivity index (χ1) is 9.60. The van der Waals surface area contributed by atoms with Gasteiger partial charge in [-0.1, -0.05) is 12.8 Å². The molecule has 0 atom stereocenters. The van der Waals surface area contributed by atoms with Gasteiger partial charge in [0, 0.05) is 13.1 Å². The van der Waals surface area contributed by atoms with Crippen LogP contribution in [0.4, 0.5) is 10.2 Å². The van der Waals surface area contributed by atoms with Crippen molar-refractivity contribution >= 4 is 11.8 Å². The first kappa shape index (κ1) is 13.3. The van der Waals surface area contributed by atoms with Crippen molar-refractivity contribution in [1.29, 1.82) is 0 Å². The molecule has 3 rings (SSSR count). The van der Waals surface area contributed by atoms with E-state index in [1.54, 1.807) is 0 Å². The third kappa shape index (κ3) is 2.37. The Kier molecular flexibility index (Phi) is 3.36. The highest BCUT2D eigenvalue weighted by Crippen LogP contribution is 2.46. The van der Waals surface area contributed by atoms with Crippen LogP contribution in [-0.2, 0) is 0 Å². The summed E-state index contributed by atoms with van der Waals surface area (Å²) in [7, 11) is 0. The highest BCUT2D eigenvalue weighted by molar-refractivity contribution is 5.93. The first-order valence-electron chi connectivity index (χ1n) is 7.23. The van der Waals surface area contributed by atoms with Crippen molar-refractivity contribution in [1.82, 2.24) is 4.98 Å². The predicted molar refractivity (Wildman–Crippen MR) is 73.5 cm³/mol. The van der Waals surface area contributed by atoms with Gasteiger partial charge in [-0.2, -0.15) is 0 Å². The second-order valence-electron chi connectivity index (χ2n) is 6.02. The standard InChI is InChI=1S/C15H19FN2O2/c16-11-9-12(14(19)20)13(17-10-11)18-7-5-15(6-8-18)3-1-2-4-15/h9-10H,1-8H2,(H,19,20). The van der Waals surface area contributed by atoms with E-state index in [9.17, 15) is 14.3 Å². The summed E-state index contributed by atoms with van der Waals surface area (Å²) >= 11 is 0. The Bertz CT molecular complexity index is 517. The molecule has 1 saturated carbocycles. The monoisotopic (exact) mass is 278 g/mol. The van der Waals surface area contributed by atoms with Gasteiger partial charge in [-0.15, -0.1) is 0 Å². The van der Waals surface area contributed by atoms with Crippen molar-refractivity contribution in [2.45, 2.75) is 38.5 Å². The Morgan fingerprint density at radius 2 is 1.90 bits per heavy atom. The number of aromatic nitrogens is 1. The molecule has 2 aliphatic rings. The minimum Gasteiger partial charge on any atom is -0.478 e. The van der Waals surface area contributed by atoms with Crippen molar-refractivity contribution in [3.8, 4) is 0 Å². The summed E-state index contributed by atoms with van der Waals surface area (Å²) in [5.41, 5.74) is 0.437. The summed E-state index contributed by atoms with van der Waals surface area (Å²) in [6.45, 7) is 1.64. The van der Waals surface area contributed by atoms with Gasteiger partial charge in [0.2, 0.25) is 0 Å². The number of hydrogen-bond acceptors (Lipinski definition) is 3. The van der Waals surface area contributed by atoms with E-state index in [1.807, 2.05) is 4.90 Å². The molecule has 0 unspecified atom stereocenters. The van der Waals surface area contributed by atoms with Crippen LogP contribution in [0.5, 0.6) is 0 Å². The molecule has 1 aliphatic carbocycles. The molecule has 4 nitrogen and oxygen atoms in total. The molecule has 1 aromatic rings. The molecule has 1 N–H and O–H groups in total. The average Bonchev–Trinajstić information content (AvgIpc) is 2.88. The van der Waals surface area contributed by atoms with Gasteiger partial charge in [0.05, 0.1) is 6.20 Å². The fourth-order valence-corrected chi connectivity index (χ4v) is 3.66. The van der Waals surface area contributed by atoms with Crippen LogP contribution >= 0.6 is 0 Å². The normalized spacial score (nSPS) is 21.4. The number of nitrogens with zero attached hydrogens (tertiary/aromatic N) is 2. The molecule has 1 aliphatic heterocycles. The second kappa shape index (κ2) is 5.04. The molecular formula is C15H19FN2O2. The van der Waals surface area contributed by atoms with E-state index >= 15 is 0 Å². The maximum Gasteiger partial charge on any atom is 0.339 e. The van der Waals surface area contributed by atoms with Crippen LogP contribution in [0, 0.1) is 11.2 Å². The van der Waals surface area contributed by atoms with Crippen molar-refractivity contribution < 1.29 is 14.3 Å². The predicted octanol–water partition coefficient (Wildman–Crippen LogP) is 3.08. The summed E-state index contributed by atoms with van der Waals surface area (Å²) in [6.07, 6.45) is 8.50. The number of carbonyl (C=O) groups is 1. The zero-order valence-electron chi connectivity index (χ0n) is 11.4. The number of halogens is 1. The van der Waals surface area contributed by atoms with Crippen LogP contribution in [0.15, 0.2) is 12.3 Å². The fraction of sp³-hybridized carbons (Fsp3) is 0.600. The lowest BCUT2D eigenvalue weighted by Crippen LogP contribution is -2.40. The van der Waals surface area contributed by atoms with Crippen molar-refractivity contribution in [2.24, 2.45) is 5.41 Å². The largest absolute Gasteiger partial charge is 0.478 e. The number of rotatable bonds is 2. The lowest BCUT2D eigenvalue weighted by Gasteiger charge is -2.40. The average molecular weight is 278 g/mol. The quantitative estimate of drug-likeness (QED) is 0.903. The minimum atomic E-state index is -1.12. The summed E-state index contributed by atoms with van der Waals surface area (Å²) < 4.78 is 13.2. The molecular weight excluding hydrogens is 259 g/mol. The van der Waals surface area contributed by atoms with Crippen molar-refractivity contribution in [3.63, 3.8) is 0 Å². The van der Waals surface area contributed by atoms with Crippen LogP contribution in [0.1, 0.15) is 48.9 Å². The van der Waals surface area contributed by atoms with Crippen molar-refractivity contribution in [2.75, 3.05) is 18.0 Å². The second-order valence-corrected chi connectivity index (χ2v) is 6.02. The van der Waals surface area contributed by atoms with Gasteiger partial charge in [-0.3, -0.25) is 0 Å². The molecule has 0 amide bonds. The number of carboxylic acid groups (broad SMARTS) is 1. The Morgan fingerprint density at radius 1 is 1.25 bits per heavy atom. The van der Waals surface area contributed by atoms with Gasteiger partial charge in [0.15, 0.2) is 0 Å². The molecule has 2 heterocycles. The number of anilines is 1. The van der Waals surface area contributed by atoms with Gasteiger partial charge >= 0.3 is 5.97 Å². The smallest absolute Gasteiger partial charge is 0.339 e. The van der Waals surface area contributed by atoms with Gasteiger partial charge in [0.25, 0.3) is 0 Å². The highest BCUT2D eigenvalue weighted by atomic mass is 19.1. The van der Waals surface area contributed by atoms with Crippen LogP contribution in [-0.4, -0.2) is 29.1 Å². The molecule has 1 saturated heterocycles. The van der Waals surface area contributed by atoms with E-state index < -0.39 is 11.8 Å². The number of pyridine rings is 1. The SMILES string of the molecule is O=C(O)c1cc(F)cnc1N1CCC2(CCCC2)CC1. The van der Waals surface area contributed by atoms with Crippen LogP contribution in [0.25, 0.3) is 0 Å². The number of carboxylic acids is 1. The molecule has 0 bridgehead atoms. The highest BCUT2D eigenvalue weighted by Gasteiger charge is 2.37. The Balaban J connectivity index is 1.79. The molecule has 0 aromatic carbocycles. The molecule has 0 radical (unpaired) electrons. The van der Waals surface area contributed by atoms with E-state index in [4.69, 9.17) is 0 Å². The molecule has 20 heavy (non-hydrogen) atoms. The summed E-state index contributed by atoms with van der Waals surface area (Å²) in [6, 6.07) is 1.06. The van der Waals surface area contributed by atoms with E-state index in [-0.39, 0.29) is 5.56 Å². The van der Waals surface area contributed by atoms with E-state index in [0.717, 1.165) is 38.2 Å². The lowest BCUT2D eigenvalue weighted by atomic mass is 9.77. The summed E-state index contributed by atoms with van der Waals surface area (Å²) in [4.78, 5) is 17.2. The van der Waals surface area contributed by atoms with Crippen LogP contribution in [0.3, 0.4) is 0 Å². The Hall–Kier alpha value is -1.65. The third-order valence-electron chi connectivity index (χ3n) is 4.85. The molecule has 108 valence electrons. The topological polar surface area (TPSA) is 53.4 Å². The number of piperidine rings is 1. The summed E-state index contributed by atoms with van der Waals surface area (Å²) in [5, 5.41) is 9.19.